The average Bonchev–Trinajstić information content (AvgIpc) is 3.00. The first-order chi connectivity index (χ1) is 20.2. The summed E-state index contributed by atoms with van der Waals surface area (Å²) in [7, 11) is -4.21. The Kier molecular flexibility index (Phi) is 10.6. The van der Waals surface area contributed by atoms with Gasteiger partial charge in [-0.05, 0) is 69.2 Å². The van der Waals surface area contributed by atoms with Crippen molar-refractivity contribution >= 4 is 27.5 Å². The van der Waals surface area contributed by atoms with Crippen molar-refractivity contribution in [2.45, 2.75) is 69.5 Å². The highest BCUT2D eigenvalue weighted by Gasteiger charge is 2.33. The van der Waals surface area contributed by atoms with E-state index in [4.69, 9.17) is 4.74 Å². The average molecular weight is 596 g/mol. The molecule has 224 valence electrons. The van der Waals surface area contributed by atoms with Crippen molar-refractivity contribution in [3.8, 4) is 5.75 Å². The Labute approximate surface area is 247 Å². The third-order valence-electron chi connectivity index (χ3n) is 7.46. The van der Waals surface area contributed by atoms with Gasteiger partial charge in [-0.25, -0.2) is 12.8 Å². The summed E-state index contributed by atoms with van der Waals surface area (Å²) >= 11 is 0. The van der Waals surface area contributed by atoms with Crippen LogP contribution in [0.3, 0.4) is 0 Å². The van der Waals surface area contributed by atoms with Gasteiger partial charge < -0.3 is 15.0 Å². The molecule has 0 bridgehead atoms. The molecule has 1 fully saturated rings. The van der Waals surface area contributed by atoms with Crippen molar-refractivity contribution in [3.05, 3.63) is 90.2 Å². The zero-order chi connectivity index (χ0) is 30.1. The van der Waals surface area contributed by atoms with E-state index >= 15 is 0 Å². The van der Waals surface area contributed by atoms with Gasteiger partial charge in [0.1, 0.15) is 24.2 Å². The highest BCUT2D eigenvalue weighted by Crippen LogP contribution is 2.26. The first-order valence-electron chi connectivity index (χ1n) is 14.3. The molecule has 3 aromatic carbocycles. The summed E-state index contributed by atoms with van der Waals surface area (Å²) in [5.41, 5.74) is 0.508. The third-order valence-corrected chi connectivity index (χ3v) is 9.25. The van der Waals surface area contributed by atoms with Crippen LogP contribution in [0.15, 0.2) is 83.8 Å². The van der Waals surface area contributed by atoms with Gasteiger partial charge in [0.05, 0.1) is 17.2 Å². The maximum atomic E-state index is 14.7. The molecule has 0 saturated heterocycles. The van der Waals surface area contributed by atoms with Crippen LogP contribution in [0.4, 0.5) is 10.1 Å². The lowest BCUT2D eigenvalue weighted by Gasteiger charge is -2.33. The SMILES string of the molecule is CCOc1ccc(S(=O)(=O)N(CC(=O)N(Cc2ccccc2F)[C@H](C)C(=O)NC2CCCCC2)c2ccccc2)cc1. The molecule has 42 heavy (non-hydrogen) atoms. The van der Waals surface area contributed by atoms with Crippen LogP contribution in [-0.4, -0.2) is 50.4 Å². The summed E-state index contributed by atoms with van der Waals surface area (Å²) in [5, 5.41) is 3.04. The Morgan fingerprint density at radius 3 is 2.24 bits per heavy atom. The number of nitrogens with zero attached hydrogens (tertiary/aromatic N) is 2. The van der Waals surface area contributed by atoms with Crippen molar-refractivity contribution in [2.75, 3.05) is 17.5 Å². The molecule has 10 heteroatoms. The van der Waals surface area contributed by atoms with Gasteiger partial charge in [0.25, 0.3) is 10.0 Å². The van der Waals surface area contributed by atoms with Crippen LogP contribution in [0.5, 0.6) is 5.75 Å². The van der Waals surface area contributed by atoms with E-state index in [2.05, 4.69) is 5.32 Å². The molecular weight excluding hydrogens is 557 g/mol. The van der Waals surface area contributed by atoms with Gasteiger partial charge in [-0.1, -0.05) is 55.7 Å². The molecule has 1 aliphatic carbocycles. The Morgan fingerprint density at radius 1 is 0.952 bits per heavy atom. The second-order valence-electron chi connectivity index (χ2n) is 10.4. The minimum absolute atomic E-state index is 0.0139. The lowest BCUT2D eigenvalue weighted by atomic mass is 9.95. The van der Waals surface area contributed by atoms with E-state index < -0.39 is 34.3 Å². The van der Waals surface area contributed by atoms with Gasteiger partial charge in [0.15, 0.2) is 0 Å². The van der Waals surface area contributed by atoms with E-state index in [1.165, 1.54) is 23.1 Å². The Hall–Kier alpha value is -3.92. The van der Waals surface area contributed by atoms with Crippen molar-refractivity contribution in [1.82, 2.24) is 10.2 Å². The molecule has 0 aliphatic heterocycles. The molecule has 0 heterocycles. The highest BCUT2D eigenvalue weighted by molar-refractivity contribution is 7.92. The van der Waals surface area contributed by atoms with Crippen LogP contribution in [0, 0.1) is 5.82 Å². The Bertz CT molecular complexity index is 1440. The number of carbonyl (C=O) groups excluding carboxylic acids is 2. The second kappa shape index (κ2) is 14.3. The van der Waals surface area contributed by atoms with Crippen molar-refractivity contribution in [3.63, 3.8) is 0 Å². The number of benzene rings is 3. The Morgan fingerprint density at radius 2 is 1.60 bits per heavy atom. The summed E-state index contributed by atoms with van der Waals surface area (Å²) in [6.45, 7) is 3.06. The predicted octanol–water partition coefficient (Wildman–Crippen LogP) is 5.29. The number of anilines is 1. The Balaban J connectivity index is 1.65. The highest BCUT2D eigenvalue weighted by atomic mass is 32.2. The van der Waals surface area contributed by atoms with Crippen LogP contribution in [0.2, 0.25) is 0 Å². The van der Waals surface area contributed by atoms with Crippen molar-refractivity contribution < 1.29 is 27.1 Å². The summed E-state index contributed by atoms with van der Waals surface area (Å²) in [6, 6.07) is 19.4. The van der Waals surface area contributed by atoms with E-state index in [1.807, 2.05) is 6.92 Å². The molecular formula is C32H38FN3O5S. The molecule has 0 unspecified atom stereocenters. The zero-order valence-electron chi connectivity index (χ0n) is 24.0. The topological polar surface area (TPSA) is 96.0 Å². The number of ether oxygens (including phenoxy) is 1. The van der Waals surface area contributed by atoms with E-state index in [9.17, 15) is 22.4 Å². The standard InChI is InChI=1S/C32H38FN3O5S/c1-3-41-28-18-20-29(21-19-28)42(39,40)36(27-15-8-5-9-16-27)23-31(37)35(22-25-12-10-11-17-30(25)33)24(2)32(38)34-26-13-6-4-7-14-26/h5,8-12,15-21,24,26H,3-4,6-7,13-14,22-23H2,1-2H3,(H,34,38)/t24-/m1/s1. The van der Waals surface area contributed by atoms with Gasteiger partial charge in [-0.3, -0.25) is 13.9 Å². The van der Waals surface area contributed by atoms with Crippen LogP contribution in [0.1, 0.15) is 51.5 Å². The van der Waals surface area contributed by atoms with E-state index in [0.717, 1.165) is 36.4 Å². The van der Waals surface area contributed by atoms with Crippen molar-refractivity contribution in [1.29, 1.82) is 0 Å². The zero-order valence-corrected chi connectivity index (χ0v) is 24.9. The minimum atomic E-state index is -4.21. The summed E-state index contributed by atoms with van der Waals surface area (Å²) in [6.07, 6.45) is 4.89. The normalized spacial score (nSPS) is 14.5. The van der Waals surface area contributed by atoms with E-state index in [1.54, 1.807) is 67.6 Å². The largest absolute Gasteiger partial charge is 0.494 e. The quantitative estimate of drug-likeness (QED) is 0.307. The van der Waals surface area contributed by atoms with Crippen LogP contribution >= 0.6 is 0 Å². The summed E-state index contributed by atoms with van der Waals surface area (Å²) < 4.78 is 49.0. The number of hydrogen-bond donors (Lipinski definition) is 1. The molecule has 0 radical (unpaired) electrons. The van der Waals surface area contributed by atoms with Gasteiger partial charge in [-0.2, -0.15) is 0 Å². The fraction of sp³-hybridized carbons (Fsp3) is 0.375. The maximum absolute atomic E-state index is 14.7. The predicted molar refractivity (Wildman–Crippen MR) is 160 cm³/mol. The lowest BCUT2D eigenvalue weighted by Crippen LogP contribution is -2.53. The number of rotatable bonds is 12. The molecule has 2 amide bonds. The molecule has 0 spiro atoms. The van der Waals surface area contributed by atoms with Gasteiger partial charge in [0, 0.05) is 18.2 Å². The number of para-hydroxylation sites is 1. The molecule has 1 saturated carbocycles. The molecule has 3 aromatic rings. The third kappa shape index (κ3) is 7.67. The van der Waals surface area contributed by atoms with Gasteiger partial charge in [-0.15, -0.1) is 0 Å². The second-order valence-corrected chi connectivity index (χ2v) is 12.2. The fourth-order valence-corrected chi connectivity index (χ4v) is 6.50. The first-order valence-corrected chi connectivity index (χ1v) is 15.8. The van der Waals surface area contributed by atoms with Crippen molar-refractivity contribution in [2.24, 2.45) is 0 Å². The molecule has 1 N–H and O–H groups in total. The van der Waals surface area contributed by atoms with Crippen LogP contribution < -0.4 is 14.4 Å². The first kappa shape index (κ1) is 31.0. The number of nitrogens with one attached hydrogen (secondary N) is 1. The summed E-state index contributed by atoms with van der Waals surface area (Å²) in [4.78, 5) is 28.6. The number of amides is 2. The van der Waals surface area contributed by atoms with E-state index in [-0.39, 0.29) is 34.6 Å². The summed E-state index contributed by atoms with van der Waals surface area (Å²) in [5.74, 6) is -0.986. The number of carbonyl (C=O) groups is 2. The van der Waals surface area contributed by atoms with Crippen LogP contribution in [0.25, 0.3) is 0 Å². The van der Waals surface area contributed by atoms with Crippen LogP contribution in [-0.2, 0) is 26.2 Å². The van der Waals surface area contributed by atoms with Gasteiger partial charge >= 0.3 is 0 Å². The lowest BCUT2D eigenvalue weighted by molar-refractivity contribution is -0.139. The minimum Gasteiger partial charge on any atom is -0.494 e. The molecule has 1 aliphatic rings. The number of sulfonamides is 1. The maximum Gasteiger partial charge on any atom is 0.264 e. The number of hydrogen-bond acceptors (Lipinski definition) is 5. The van der Waals surface area contributed by atoms with E-state index in [0.29, 0.717) is 12.4 Å². The molecule has 8 nitrogen and oxygen atoms in total. The molecule has 0 aromatic heterocycles. The number of halogens is 1. The monoisotopic (exact) mass is 595 g/mol. The molecule has 4 rings (SSSR count). The van der Waals surface area contributed by atoms with Gasteiger partial charge in [0.2, 0.25) is 11.8 Å². The smallest absolute Gasteiger partial charge is 0.264 e. The fourth-order valence-electron chi connectivity index (χ4n) is 5.09. The molecule has 1 atom stereocenters.